The van der Waals surface area contributed by atoms with Crippen LogP contribution >= 0.6 is 0 Å². The molecular formula is C16H31N3O. The van der Waals surface area contributed by atoms with Crippen molar-refractivity contribution in [3.63, 3.8) is 0 Å². The molecule has 3 saturated heterocycles. The molecular weight excluding hydrogens is 250 g/mol. The summed E-state index contributed by atoms with van der Waals surface area (Å²) in [5.74, 6) is 0.924. The molecule has 3 aliphatic heterocycles. The molecule has 4 nitrogen and oxygen atoms in total. The van der Waals surface area contributed by atoms with Gasteiger partial charge in [0.2, 0.25) is 0 Å². The van der Waals surface area contributed by atoms with Gasteiger partial charge in [0.25, 0.3) is 0 Å². The van der Waals surface area contributed by atoms with Gasteiger partial charge in [-0.25, -0.2) is 0 Å². The number of nitrogens with two attached hydrogens (primary N) is 1. The fourth-order valence-corrected chi connectivity index (χ4v) is 4.04. The van der Waals surface area contributed by atoms with Crippen molar-refractivity contribution in [2.75, 3.05) is 52.5 Å². The van der Waals surface area contributed by atoms with Gasteiger partial charge in [-0.05, 0) is 70.6 Å². The van der Waals surface area contributed by atoms with E-state index in [4.69, 9.17) is 10.5 Å². The van der Waals surface area contributed by atoms with Crippen LogP contribution in [0.25, 0.3) is 0 Å². The summed E-state index contributed by atoms with van der Waals surface area (Å²) >= 11 is 0. The quantitative estimate of drug-likeness (QED) is 0.843. The van der Waals surface area contributed by atoms with E-state index in [-0.39, 0.29) is 5.54 Å². The summed E-state index contributed by atoms with van der Waals surface area (Å²) in [6.07, 6.45) is 7.61. The van der Waals surface area contributed by atoms with E-state index >= 15 is 0 Å². The molecule has 2 N–H and O–H groups in total. The van der Waals surface area contributed by atoms with E-state index < -0.39 is 0 Å². The molecule has 3 fully saturated rings. The first-order valence-electron chi connectivity index (χ1n) is 8.55. The summed E-state index contributed by atoms with van der Waals surface area (Å²) in [6.45, 7) is 9.29. The third kappa shape index (κ3) is 3.94. The average molecular weight is 281 g/mol. The number of ether oxygens (including phenoxy) is 1. The second-order valence-corrected chi connectivity index (χ2v) is 7.20. The first-order chi connectivity index (χ1) is 9.73. The van der Waals surface area contributed by atoms with Gasteiger partial charge in [0.05, 0.1) is 0 Å². The van der Waals surface area contributed by atoms with Crippen LogP contribution in [0.5, 0.6) is 0 Å². The lowest BCUT2D eigenvalue weighted by atomic mass is 9.89. The summed E-state index contributed by atoms with van der Waals surface area (Å²) in [6, 6.07) is 0. The van der Waals surface area contributed by atoms with E-state index in [1.165, 1.54) is 58.4 Å². The summed E-state index contributed by atoms with van der Waals surface area (Å²) in [4.78, 5) is 5.27. The van der Waals surface area contributed by atoms with Crippen LogP contribution in [0, 0.1) is 5.92 Å². The Morgan fingerprint density at radius 1 is 0.950 bits per heavy atom. The van der Waals surface area contributed by atoms with E-state index in [1.54, 1.807) is 0 Å². The van der Waals surface area contributed by atoms with Crippen molar-refractivity contribution in [2.45, 2.75) is 44.1 Å². The first-order valence-corrected chi connectivity index (χ1v) is 8.55. The Hall–Kier alpha value is -0.160. The molecule has 3 rings (SSSR count). The third-order valence-electron chi connectivity index (χ3n) is 5.45. The Bertz CT molecular complexity index is 290. The number of rotatable bonds is 4. The molecule has 0 aromatic carbocycles. The van der Waals surface area contributed by atoms with Gasteiger partial charge in [0.1, 0.15) is 0 Å². The normalized spacial score (nSPS) is 29.9. The molecule has 116 valence electrons. The fourth-order valence-electron chi connectivity index (χ4n) is 4.04. The second kappa shape index (κ2) is 6.73. The van der Waals surface area contributed by atoms with Crippen molar-refractivity contribution >= 4 is 0 Å². The minimum Gasteiger partial charge on any atom is -0.381 e. The molecule has 4 heteroatoms. The molecule has 0 aliphatic carbocycles. The van der Waals surface area contributed by atoms with Gasteiger partial charge >= 0.3 is 0 Å². The smallest absolute Gasteiger partial charge is 0.0484 e. The van der Waals surface area contributed by atoms with Crippen LogP contribution in [0.3, 0.4) is 0 Å². The standard InChI is InChI=1S/C16H31N3O/c17-16(5-11-20-12-6-16)14-19-9-3-15(4-10-19)13-18-7-1-2-8-18/h15H,1-14,17H2. The van der Waals surface area contributed by atoms with Crippen molar-refractivity contribution in [2.24, 2.45) is 11.7 Å². The van der Waals surface area contributed by atoms with Gasteiger partial charge in [-0.1, -0.05) is 0 Å². The van der Waals surface area contributed by atoms with Crippen molar-refractivity contribution in [1.82, 2.24) is 9.80 Å². The van der Waals surface area contributed by atoms with Crippen LogP contribution in [0.1, 0.15) is 38.5 Å². The Morgan fingerprint density at radius 2 is 1.60 bits per heavy atom. The Balaban J connectivity index is 1.39. The predicted molar refractivity (Wildman–Crippen MR) is 81.8 cm³/mol. The van der Waals surface area contributed by atoms with Gasteiger partial charge < -0.3 is 20.3 Å². The number of nitrogens with zero attached hydrogens (tertiary/aromatic N) is 2. The number of likely N-dealkylation sites (tertiary alicyclic amines) is 2. The molecule has 0 atom stereocenters. The Kier molecular flexibility index (Phi) is 4.97. The predicted octanol–water partition coefficient (Wildman–Crippen LogP) is 1.30. The minimum atomic E-state index is 0.0139. The molecule has 0 amide bonds. The lowest BCUT2D eigenvalue weighted by Crippen LogP contribution is -2.55. The molecule has 20 heavy (non-hydrogen) atoms. The van der Waals surface area contributed by atoms with Crippen molar-refractivity contribution in [3.05, 3.63) is 0 Å². The highest BCUT2D eigenvalue weighted by Gasteiger charge is 2.32. The molecule has 0 saturated carbocycles. The summed E-state index contributed by atoms with van der Waals surface area (Å²) < 4.78 is 5.44. The molecule has 0 aromatic rings. The Morgan fingerprint density at radius 3 is 2.25 bits per heavy atom. The van der Waals surface area contributed by atoms with Crippen molar-refractivity contribution in [3.8, 4) is 0 Å². The van der Waals surface area contributed by atoms with E-state index in [0.717, 1.165) is 38.5 Å². The van der Waals surface area contributed by atoms with Crippen LogP contribution in [-0.4, -0.2) is 67.8 Å². The maximum Gasteiger partial charge on any atom is 0.0484 e. The minimum absolute atomic E-state index is 0.0139. The second-order valence-electron chi connectivity index (χ2n) is 7.20. The lowest BCUT2D eigenvalue weighted by molar-refractivity contribution is 0.0308. The lowest BCUT2D eigenvalue weighted by Gasteiger charge is -2.41. The van der Waals surface area contributed by atoms with Gasteiger partial charge in [0, 0.05) is 31.8 Å². The summed E-state index contributed by atoms with van der Waals surface area (Å²) in [5.41, 5.74) is 6.54. The highest BCUT2D eigenvalue weighted by Crippen LogP contribution is 2.24. The zero-order valence-electron chi connectivity index (χ0n) is 12.9. The van der Waals surface area contributed by atoms with Gasteiger partial charge in [-0.3, -0.25) is 0 Å². The maximum absolute atomic E-state index is 6.53. The van der Waals surface area contributed by atoms with Crippen LogP contribution in [-0.2, 0) is 4.74 Å². The molecule has 3 heterocycles. The first kappa shape index (κ1) is 14.8. The van der Waals surface area contributed by atoms with Gasteiger partial charge in [-0.2, -0.15) is 0 Å². The largest absolute Gasteiger partial charge is 0.381 e. The summed E-state index contributed by atoms with van der Waals surface area (Å²) in [5, 5.41) is 0. The van der Waals surface area contributed by atoms with Gasteiger partial charge in [0.15, 0.2) is 0 Å². The van der Waals surface area contributed by atoms with E-state index in [9.17, 15) is 0 Å². The number of piperidine rings is 1. The van der Waals surface area contributed by atoms with E-state index in [1.807, 2.05) is 0 Å². The van der Waals surface area contributed by atoms with Crippen LogP contribution in [0.15, 0.2) is 0 Å². The van der Waals surface area contributed by atoms with E-state index in [0.29, 0.717) is 0 Å². The number of hydrogen-bond donors (Lipinski definition) is 1. The third-order valence-corrected chi connectivity index (χ3v) is 5.45. The van der Waals surface area contributed by atoms with E-state index in [2.05, 4.69) is 9.80 Å². The number of hydrogen-bond acceptors (Lipinski definition) is 4. The van der Waals surface area contributed by atoms with Crippen LogP contribution in [0.2, 0.25) is 0 Å². The highest BCUT2D eigenvalue weighted by atomic mass is 16.5. The van der Waals surface area contributed by atoms with Crippen LogP contribution < -0.4 is 5.73 Å². The monoisotopic (exact) mass is 281 g/mol. The zero-order valence-corrected chi connectivity index (χ0v) is 12.9. The fraction of sp³-hybridized carbons (Fsp3) is 1.00. The van der Waals surface area contributed by atoms with Crippen molar-refractivity contribution in [1.29, 1.82) is 0 Å². The topological polar surface area (TPSA) is 41.7 Å². The van der Waals surface area contributed by atoms with Gasteiger partial charge in [-0.15, -0.1) is 0 Å². The van der Waals surface area contributed by atoms with Crippen molar-refractivity contribution < 1.29 is 4.74 Å². The molecule has 3 aliphatic rings. The average Bonchev–Trinajstić information content (AvgIpc) is 2.94. The zero-order chi connectivity index (χ0) is 13.8. The molecule has 0 bridgehead atoms. The molecule has 0 spiro atoms. The highest BCUT2D eigenvalue weighted by molar-refractivity contribution is 4.91. The summed E-state index contributed by atoms with van der Waals surface area (Å²) in [7, 11) is 0. The SMILES string of the molecule is NC1(CN2CCC(CN3CCCC3)CC2)CCOCC1. The molecule has 0 unspecified atom stereocenters. The molecule has 0 aromatic heterocycles. The Labute approximate surface area is 123 Å². The maximum atomic E-state index is 6.53. The molecule has 0 radical (unpaired) electrons. The van der Waals surface area contributed by atoms with Crippen LogP contribution in [0.4, 0.5) is 0 Å².